The van der Waals surface area contributed by atoms with Crippen LogP contribution >= 0.6 is 11.3 Å². The van der Waals surface area contributed by atoms with E-state index in [-0.39, 0.29) is 0 Å². The quantitative estimate of drug-likeness (QED) is 0.120. The molecule has 1 aromatic heterocycles. The maximum atomic E-state index is 2.42. The van der Waals surface area contributed by atoms with Crippen molar-refractivity contribution in [2.24, 2.45) is 0 Å². The molecule has 0 bridgehead atoms. The number of aryl methyl sites for hydroxylation is 1. The number of thiophene rings is 1. The minimum atomic E-state index is 0.762. The Bertz CT molecular complexity index is 3800. The molecule has 2 nitrogen and oxygen atoms in total. The van der Waals surface area contributed by atoms with Crippen molar-refractivity contribution in [2.75, 3.05) is 9.80 Å². The topological polar surface area (TPSA) is 6.48 Å². The molecule has 0 saturated heterocycles. The number of rotatable bonds is 12. The van der Waals surface area contributed by atoms with Crippen LogP contribution in [0.4, 0.5) is 34.1 Å². The molecule has 344 valence electrons. The lowest BCUT2D eigenvalue weighted by Gasteiger charge is -2.28. The van der Waals surface area contributed by atoms with E-state index in [4.69, 9.17) is 0 Å². The molecule has 0 unspecified atom stereocenters. The Morgan fingerprint density at radius 3 is 1.71 bits per heavy atom. The number of benzene rings is 10. The summed E-state index contributed by atoms with van der Waals surface area (Å²) in [6, 6.07) is 88.9. The largest absolute Gasteiger partial charge is 0.310 e. The number of allylic oxidation sites excluding steroid dienone is 6. The maximum Gasteiger partial charge on any atom is 0.0496 e. The lowest BCUT2D eigenvalue weighted by molar-refractivity contribution is 1.15. The Hall–Kier alpha value is -8.76. The van der Waals surface area contributed by atoms with E-state index in [1.165, 1.54) is 87.1 Å². The lowest BCUT2D eigenvalue weighted by atomic mass is 9.97. The van der Waals surface area contributed by atoms with E-state index in [0.29, 0.717) is 0 Å². The van der Waals surface area contributed by atoms with Gasteiger partial charge in [0, 0.05) is 54.3 Å². The molecule has 12 rings (SSSR count). The van der Waals surface area contributed by atoms with Crippen LogP contribution in [-0.2, 0) is 6.42 Å². The van der Waals surface area contributed by atoms with E-state index < -0.39 is 0 Å². The molecule has 1 aliphatic carbocycles. The molecule has 0 N–H and O–H groups in total. The van der Waals surface area contributed by atoms with Crippen LogP contribution in [0, 0.1) is 6.92 Å². The van der Waals surface area contributed by atoms with Crippen molar-refractivity contribution in [3.8, 4) is 33.4 Å². The molecule has 11 aromatic rings. The van der Waals surface area contributed by atoms with Gasteiger partial charge in [-0.05, 0) is 154 Å². The molecule has 0 radical (unpaired) electrons. The van der Waals surface area contributed by atoms with Gasteiger partial charge in [-0.1, -0.05) is 200 Å². The van der Waals surface area contributed by atoms with Gasteiger partial charge >= 0.3 is 0 Å². The number of fused-ring (bicyclic) bond motifs is 3. The fourth-order valence-corrected chi connectivity index (χ4v) is 11.3. The summed E-state index contributed by atoms with van der Waals surface area (Å²) in [5, 5.41) is 2.59. The second-order valence-electron chi connectivity index (χ2n) is 18.5. The highest BCUT2D eigenvalue weighted by atomic mass is 32.1. The summed E-state index contributed by atoms with van der Waals surface area (Å²) in [4.78, 5) is 4.84. The first-order chi connectivity index (χ1) is 35.6. The third kappa shape index (κ3) is 9.10. The number of hydrogen-bond donors (Lipinski definition) is 0. The van der Waals surface area contributed by atoms with Crippen molar-refractivity contribution in [1.82, 2.24) is 0 Å². The van der Waals surface area contributed by atoms with Gasteiger partial charge in [-0.15, -0.1) is 11.3 Å². The van der Waals surface area contributed by atoms with Crippen molar-refractivity contribution in [3.63, 3.8) is 0 Å². The van der Waals surface area contributed by atoms with Gasteiger partial charge in [-0.3, -0.25) is 0 Å². The molecule has 1 heterocycles. The van der Waals surface area contributed by atoms with Crippen molar-refractivity contribution in [2.45, 2.75) is 19.8 Å². The zero-order valence-electron chi connectivity index (χ0n) is 40.2. The van der Waals surface area contributed by atoms with Crippen LogP contribution in [0.25, 0.3) is 59.1 Å². The van der Waals surface area contributed by atoms with Gasteiger partial charge in [-0.2, -0.15) is 0 Å². The van der Waals surface area contributed by atoms with Crippen molar-refractivity contribution < 1.29 is 0 Å². The van der Waals surface area contributed by atoms with Gasteiger partial charge in [0.2, 0.25) is 0 Å². The summed E-state index contributed by atoms with van der Waals surface area (Å²) in [5.74, 6) is 0. The molecule has 0 atom stereocenters. The zero-order chi connectivity index (χ0) is 48.2. The van der Waals surface area contributed by atoms with Crippen LogP contribution in [0.1, 0.15) is 28.7 Å². The van der Waals surface area contributed by atoms with Crippen LogP contribution in [-0.4, -0.2) is 0 Å². The van der Waals surface area contributed by atoms with Gasteiger partial charge in [0.25, 0.3) is 0 Å². The molecule has 0 aliphatic heterocycles. The highest BCUT2D eigenvalue weighted by Gasteiger charge is 2.20. The van der Waals surface area contributed by atoms with Crippen molar-refractivity contribution in [3.05, 3.63) is 295 Å². The second-order valence-corrected chi connectivity index (χ2v) is 19.6. The van der Waals surface area contributed by atoms with Gasteiger partial charge in [0.1, 0.15) is 0 Å². The Balaban J connectivity index is 0.884. The molecule has 0 spiro atoms. The first-order valence-corrected chi connectivity index (χ1v) is 25.7. The smallest absolute Gasteiger partial charge is 0.0496 e. The van der Waals surface area contributed by atoms with Gasteiger partial charge < -0.3 is 9.80 Å². The Labute approximate surface area is 427 Å². The molecule has 0 amide bonds. The third-order valence-electron chi connectivity index (χ3n) is 13.9. The average Bonchev–Trinajstić information content (AvgIpc) is 3.58. The van der Waals surface area contributed by atoms with Crippen molar-refractivity contribution >= 4 is 71.2 Å². The summed E-state index contributed by atoms with van der Waals surface area (Å²) >= 11 is 1.86. The second kappa shape index (κ2) is 19.9. The predicted molar refractivity (Wildman–Crippen MR) is 310 cm³/mol. The fourth-order valence-electron chi connectivity index (χ4n) is 10.2. The first kappa shape index (κ1) is 44.4. The number of anilines is 6. The molecular weight excluding hydrogens is 889 g/mol. The van der Waals surface area contributed by atoms with E-state index in [0.717, 1.165) is 41.3 Å². The van der Waals surface area contributed by atoms with Gasteiger partial charge in [0.05, 0.1) is 0 Å². The summed E-state index contributed by atoms with van der Waals surface area (Å²) in [7, 11) is 0. The fraction of sp³-hybridized carbons (Fsp3) is 0.0435. The monoisotopic (exact) mass is 940 g/mol. The van der Waals surface area contributed by atoms with Gasteiger partial charge in [-0.25, -0.2) is 0 Å². The van der Waals surface area contributed by atoms with Crippen LogP contribution < -0.4 is 9.80 Å². The summed E-state index contributed by atoms with van der Waals surface area (Å²) < 4.78 is 2.61. The Morgan fingerprint density at radius 2 is 0.944 bits per heavy atom. The average molecular weight is 941 g/mol. The Morgan fingerprint density at radius 1 is 0.389 bits per heavy atom. The minimum Gasteiger partial charge on any atom is -0.310 e. The number of nitrogens with zero attached hydrogens (tertiary/aromatic N) is 2. The molecule has 0 fully saturated rings. The number of hydrogen-bond acceptors (Lipinski definition) is 3. The zero-order valence-corrected chi connectivity index (χ0v) is 41.0. The van der Waals surface area contributed by atoms with Crippen molar-refractivity contribution in [1.29, 1.82) is 0 Å². The van der Waals surface area contributed by atoms with Crippen LogP contribution in [0.2, 0.25) is 0 Å². The summed E-state index contributed by atoms with van der Waals surface area (Å²) in [6.07, 6.45) is 12.7. The third-order valence-corrected chi connectivity index (χ3v) is 15.0. The first-order valence-electron chi connectivity index (χ1n) is 24.8. The SMILES string of the molecule is Cc1ccccc1N(c1cccc(-c2cccc(Cc3ccccc3N(c3ccc(C4=CC=CCC=C4)cc3)c3ccc(-c4ccc(-c5ccccc5)cc4)cc3)c2)c1)c1ccc2sc3ccccc3c2c1. The van der Waals surface area contributed by atoms with E-state index in [2.05, 4.69) is 290 Å². The molecular formula is C69H52N2S. The number of para-hydroxylation sites is 2. The van der Waals surface area contributed by atoms with Crippen LogP contribution in [0.3, 0.4) is 0 Å². The normalized spacial score (nSPS) is 12.2. The van der Waals surface area contributed by atoms with Crippen LogP contribution in [0.5, 0.6) is 0 Å². The minimum absolute atomic E-state index is 0.762. The van der Waals surface area contributed by atoms with E-state index >= 15 is 0 Å². The van der Waals surface area contributed by atoms with Crippen LogP contribution in [0.15, 0.2) is 273 Å². The standard InChI is InChI=1S/C69H52N2S/c1-49-17-9-12-28-66(49)71(63-43-44-69-65(48-63)64-27-11-14-30-68(64)72-69)62-26-16-25-58(47-62)57-24-15-18-50(45-57)46-59-23-10-13-29-67(59)70(60-39-35-55(36-40-60)52-19-5-2-3-6-20-52)61-41-37-56(38-42-61)54-33-31-53(32-34-54)51-21-7-4-8-22-51/h2,4-45,47-48H,3,46H2,1H3. The molecule has 1 aliphatic rings. The summed E-state index contributed by atoms with van der Waals surface area (Å²) in [6.45, 7) is 2.20. The maximum absolute atomic E-state index is 2.42. The Kier molecular flexibility index (Phi) is 12.3. The highest BCUT2D eigenvalue weighted by molar-refractivity contribution is 7.25. The van der Waals surface area contributed by atoms with E-state index in [1.807, 2.05) is 11.3 Å². The molecule has 3 heteroatoms. The van der Waals surface area contributed by atoms with Gasteiger partial charge in [0.15, 0.2) is 0 Å². The molecule has 72 heavy (non-hydrogen) atoms. The highest BCUT2D eigenvalue weighted by Crippen LogP contribution is 2.43. The predicted octanol–water partition coefficient (Wildman–Crippen LogP) is 19.8. The van der Waals surface area contributed by atoms with E-state index in [9.17, 15) is 0 Å². The molecule has 10 aromatic carbocycles. The molecule has 0 saturated carbocycles. The van der Waals surface area contributed by atoms with E-state index in [1.54, 1.807) is 0 Å². The lowest BCUT2D eigenvalue weighted by Crippen LogP contribution is -2.12. The summed E-state index contributed by atoms with van der Waals surface area (Å²) in [5.41, 5.74) is 20.1.